The van der Waals surface area contributed by atoms with Gasteiger partial charge in [-0.3, -0.25) is 0 Å². The lowest BCUT2D eigenvalue weighted by atomic mass is 10.0. The van der Waals surface area contributed by atoms with Crippen molar-refractivity contribution in [2.75, 3.05) is 13.6 Å². The number of fused-ring (bicyclic) bond motifs is 1. The van der Waals surface area contributed by atoms with Crippen molar-refractivity contribution >= 4 is 10.9 Å². The first kappa shape index (κ1) is 12.0. The number of aromatic amines is 1. The third-order valence-corrected chi connectivity index (χ3v) is 3.50. The Morgan fingerprint density at radius 3 is 2.47 bits per heavy atom. The lowest BCUT2D eigenvalue weighted by Gasteiger charge is -2.05. The van der Waals surface area contributed by atoms with Crippen molar-refractivity contribution in [3.63, 3.8) is 0 Å². The molecule has 0 aliphatic carbocycles. The van der Waals surface area contributed by atoms with E-state index in [1.165, 1.54) is 27.7 Å². The van der Waals surface area contributed by atoms with Crippen molar-refractivity contribution in [1.82, 2.24) is 10.3 Å². The van der Waals surface area contributed by atoms with Crippen molar-refractivity contribution in [3.05, 3.63) is 60.2 Å². The van der Waals surface area contributed by atoms with Gasteiger partial charge in [-0.1, -0.05) is 48.5 Å². The Labute approximate surface area is 113 Å². The number of para-hydroxylation sites is 1. The van der Waals surface area contributed by atoms with Gasteiger partial charge < -0.3 is 10.3 Å². The van der Waals surface area contributed by atoms with Gasteiger partial charge in [-0.05, 0) is 37.2 Å². The molecule has 0 amide bonds. The van der Waals surface area contributed by atoms with Crippen LogP contribution in [0.25, 0.3) is 22.2 Å². The summed E-state index contributed by atoms with van der Waals surface area (Å²) in [6, 6.07) is 19.1. The van der Waals surface area contributed by atoms with E-state index in [-0.39, 0.29) is 0 Å². The van der Waals surface area contributed by atoms with Gasteiger partial charge in [-0.25, -0.2) is 0 Å². The van der Waals surface area contributed by atoms with Gasteiger partial charge in [-0.15, -0.1) is 0 Å². The monoisotopic (exact) mass is 250 g/mol. The molecule has 0 fully saturated rings. The predicted molar refractivity (Wildman–Crippen MR) is 81.4 cm³/mol. The molecule has 0 atom stereocenters. The predicted octanol–water partition coefficient (Wildman–Crippen LogP) is 3.60. The normalized spacial score (nSPS) is 11.0. The third-order valence-electron chi connectivity index (χ3n) is 3.50. The molecule has 1 heterocycles. The SMILES string of the molecule is CNCCc1c(-c2ccccc2)[nH]c2ccccc12. The molecule has 1 aromatic heterocycles. The highest BCUT2D eigenvalue weighted by Gasteiger charge is 2.11. The van der Waals surface area contributed by atoms with Crippen LogP contribution in [0.15, 0.2) is 54.6 Å². The summed E-state index contributed by atoms with van der Waals surface area (Å²) in [4.78, 5) is 3.56. The summed E-state index contributed by atoms with van der Waals surface area (Å²) in [7, 11) is 2.00. The van der Waals surface area contributed by atoms with Crippen LogP contribution in [0.3, 0.4) is 0 Å². The Morgan fingerprint density at radius 1 is 0.947 bits per heavy atom. The van der Waals surface area contributed by atoms with Crippen molar-refractivity contribution in [3.8, 4) is 11.3 Å². The molecule has 0 aliphatic heterocycles. The number of nitrogens with one attached hydrogen (secondary N) is 2. The highest BCUT2D eigenvalue weighted by Crippen LogP contribution is 2.30. The zero-order valence-electron chi connectivity index (χ0n) is 11.1. The summed E-state index contributed by atoms with van der Waals surface area (Å²) < 4.78 is 0. The van der Waals surface area contributed by atoms with E-state index in [1.54, 1.807) is 0 Å². The van der Waals surface area contributed by atoms with Crippen LogP contribution in [-0.2, 0) is 6.42 Å². The van der Waals surface area contributed by atoms with Crippen LogP contribution in [-0.4, -0.2) is 18.6 Å². The largest absolute Gasteiger partial charge is 0.354 e. The molecular formula is C17H18N2. The molecule has 3 rings (SSSR count). The fraction of sp³-hybridized carbons (Fsp3) is 0.176. The maximum Gasteiger partial charge on any atom is 0.0497 e. The Morgan fingerprint density at radius 2 is 1.68 bits per heavy atom. The summed E-state index contributed by atoms with van der Waals surface area (Å²) in [6.45, 7) is 0.988. The Hall–Kier alpha value is -2.06. The molecule has 0 spiro atoms. The first-order chi connectivity index (χ1) is 9.40. The summed E-state index contributed by atoms with van der Waals surface area (Å²) in [5.74, 6) is 0. The van der Waals surface area contributed by atoms with Crippen molar-refractivity contribution in [2.24, 2.45) is 0 Å². The Balaban J connectivity index is 2.17. The maximum absolute atomic E-state index is 3.56. The van der Waals surface area contributed by atoms with Crippen LogP contribution in [0.2, 0.25) is 0 Å². The molecule has 2 aromatic carbocycles. The van der Waals surface area contributed by atoms with Crippen LogP contribution in [0, 0.1) is 0 Å². The second kappa shape index (κ2) is 5.29. The van der Waals surface area contributed by atoms with Crippen molar-refractivity contribution < 1.29 is 0 Å². The summed E-state index contributed by atoms with van der Waals surface area (Å²) in [6.07, 6.45) is 1.03. The van der Waals surface area contributed by atoms with Gasteiger partial charge in [0.15, 0.2) is 0 Å². The molecule has 0 unspecified atom stereocenters. The molecule has 0 aliphatic rings. The lowest BCUT2D eigenvalue weighted by Crippen LogP contribution is -2.10. The number of aromatic nitrogens is 1. The zero-order chi connectivity index (χ0) is 13.1. The molecule has 2 nitrogen and oxygen atoms in total. The maximum atomic E-state index is 3.56. The fourth-order valence-corrected chi connectivity index (χ4v) is 2.56. The van der Waals surface area contributed by atoms with E-state index in [9.17, 15) is 0 Å². The van der Waals surface area contributed by atoms with Gasteiger partial charge in [0.25, 0.3) is 0 Å². The minimum Gasteiger partial charge on any atom is -0.354 e. The first-order valence-corrected chi connectivity index (χ1v) is 6.70. The van der Waals surface area contributed by atoms with E-state index in [0.29, 0.717) is 0 Å². The van der Waals surface area contributed by atoms with Crippen LogP contribution >= 0.6 is 0 Å². The molecule has 0 saturated heterocycles. The quantitative estimate of drug-likeness (QED) is 0.727. The van der Waals surface area contributed by atoms with E-state index in [1.807, 2.05) is 7.05 Å². The van der Waals surface area contributed by atoms with E-state index in [0.717, 1.165) is 13.0 Å². The first-order valence-electron chi connectivity index (χ1n) is 6.70. The topological polar surface area (TPSA) is 27.8 Å². The van der Waals surface area contributed by atoms with Gasteiger partial charge in [0.1, 0.15) is 0 Å². The van der Waals surface area contributed by atoms with Gasteiger partial charge in [0.05, 0.1) is 0 Å². The second-order valence-corrected chi connectivity index (χ2v) is 4.74. The van der Waals surface area contributed by atoms with Crippen molar-refractivity contribution in [1.29, 1.82) is 0 Å². The molecule has 0 bridgehead atoms. The summed E-state index contributed by atoms with van der Waals surface area (Å²) >= 11 is 0. The average Bonchev–Trinajstić information content (AvgIpc) is 2.85. The number of benzene rings is 2. The number of rotatable bonds is 4. The van der Waals surface area contributed by atoms with Crippen LogP contribution in [0.5, 0.6) is 0 Å². The standard InChI is InChI=1S/C17H18N2/c1-18-12-11-15-14-9-5-6-10-16(14)19-17(15)13-7-3-2-4-8-13/h2-10,18-19H,11-12H2,1H3. The lowest BCUT2D eigenvalue weighted by molar-refractivity contribution is 0.795. The van der Waals surface area contributed by atoms with Gasteiger partial charge in [0.2, 0.25) is 0 Å². The molecular weight excluding hydrogens is 232 g/mol. The van der Waals surface area contributed by atoms with Gasteiger partial charge >= 0.3 is 0 Å². The van der Waals surface area contributed by atoms with Crippen molar-refractivity contribution in [2.45, 2.75) is 6.42 Å². The van der Waals surface area contributed by atoms with E-state index < -0.39 is 0 Å². The molecule has 3 aromatic rings. The highest BCUT2D eigenvalue weighted by atomic mass is 14.8. The number of likely N-dealkylation sites (N-methyl/N-ethyl adjacent to an activating group) is 1. The van der Waals surface area contributed by atoms with Crippen LogP contribution in [0.1, 0.15) is 5.56 Å². The minimum absolute atomic E-state index is 0.988. The minimum atomic E-state index is 0.988. The number of hydrogen-bond acceptors (Lipinski definition) is 1. The fourth-order valence-electron chi connectivity index (χ4n) is 2.56. The second-order valence-electron chi connectivity index (χ2n) is 4.74. The zero-order valence-corrected chi connectivity index (χ0v) is 11.1. The van der Waals surface area contributed by atoms with Crippen LogP contribution in [0.4, 0.5) is 0 Å². The molecule has 2 N–H and O–H groups in total. The molecule has 19 heavy (non-hydrogen) atoms. The van der Waals surface area contributed by atoms with E-state index >= 15 is 0 Å². The highest BCUT2D eigenvalue weighted by molar-refractivity contribution is 5.90. The van der Waals surface area contributed by atoms with Gasteiger partial charge in [-0.2, -0.15) is 0 Å². The molecule has 0 radical (unpaired) electrons. The van der Waals surface area contributed by atoms with E-state index in [2.05, 4.69) is 64.9 Å². The molecule has 96 valence electrons. The molecule has 2 heteroatoms. The summed E-state index contributed by atoms with van der Waals surface area (Å²) in [5, 5.41) is 4.57. The third kappa shape index (κ3) is 2.27. The Kier molecular flexibility index (Phi) is 3.34. The smallest absolute Gasteiger partial charge is 0.0497 e. The van der Waals surface area contributed by atoms with E-state index in [4.69, 9.17) is 0 Å². The molecule has 0 saturated carbocycles. The average molecular weight is 250 g/mol. The summed E-state index contributed by atoms with van der Waals surface area (Å²) in [5.41, 5.74) is 5.12. The van der Waals surface area contributed by atoms with Gasteiger partial charge in [0, 0.05) is 16.6 Å². The number of H-pyrrole nitrogens is 1. The van der Waals surface area contributed by atoms with Crippen LogP contribution < -0.4 is 5.32 Å². The Bertz CT molecular complexity index is 668. The number of hydrogen-bond donors (Lipinski definition) is 2.